The van der Waals surface area contributed by atoms with E-state index >= 15 is 0 Å². The summed E-state index contributed by atoms with van der Waals surface area (Å²) in [6.07, 6.45) is 0.865. The molecule has 0 radical (unpaired) electrons. The van der Waals surface area contributed by atoms with E-state index < -0.39 is 5.38 Å². The third-order valence-corrected chi connectivity index (χ3v) is 3.07. The Balaban J connectivity index is 2.27. The van der Waals surface area contributed by atoms with Gasteiger partial charge in [0.2, 0.25) is 5.91 Å². The Morgan fingerprint density at radius 2 is 2.18 bits per heavy atom. The maximum atomic E-state index is 12.2. The fourth-order valence-corrected chi connectivity index (χ4v) is 2.13. The van der Waals surface area contributed by atoms with Gasteiger partial charge in [-0.25, -0.2) is 0 Å². The van der Waals surface area contributed by atoms with Crippen molar-refractivity contribution in [2.45, 2.75) is 24.8 Å². The lowest BCUT2D eigenvalue weighted by atomic mass is 10.1. The molecule has 0 bridgehead atoms. The van der Waals surface area contributed by atoms with E-state index in [9.17, 15) is 4.79 Å². The van der Waals surface area contributed by atoms with Crippen LogP contribution in [-0.4, -0.2) is 30.5 Å². The minimum absolute atomic E-state index is 0.0617. The molecule has 1 aromatic rings. The van der Waals surface area contributed by atoms with E-state index in [0.717, 1.165) is 12.1 Å². The van der Waals surface area contributed by atoms with Gasteiger partial charge in [-0.3, -0.25) is 4.79 Å². The molecule has 0 spiro atoms. The number of carbonyl (C=O) groups excluding carboxylic acids is 1. The van der Waals surface area contributed by atoms with Crippen LogP contribution in [0.15, 0.2) is 30.3 Å². The molecule has 1 aliphatic heterocycles. The standard InChI is InChI=1S/C13H16ClNO2/c1-10(14)13(16)15(12-7-8-17-9-12)11-5-3-2-4-6-11/h2-6,10,12H,7-9H2,1H3. The molecule has 2 rings (SSSR count). The zero-order valence-corrected chi connectivity index (χ0v) is 10.6. The zero-order valence-electron chi connectivity index (χ0n) is 9.80. The Hall–Kier alpha value is -1.06. The van der Waals surface area contributed by atoms with Gasteiger partial charge in [0.05, 0.1) is 12.6 Å². The summed E-state index contributed by atoms with van der Waals surface area (Å²) in [7, 11) is 0. The van der Waals surface area contributed by atoms with Crippen molar-refractivity contribution in [1.29, 1.82) is 0 Å². The van der Waals surface area contributed by atoms with Crippen molar-refractivity contribution in [2.75, 3.05) is 18.1 Å². The van der Waals surface area contributed by atoms with Crippen LogP contribution in [0.5, 0.6) is 0 Å². The summed E-state index contributed by atoms with van der Waals surface area (Å²) in [5.74, 6) is -0.0617. The molecule has 1 amide bonds. The average molecular weight is 254 g/mol. The lowest BCUT2D eigenvalue weighted by Crippen LogP contribution is -2.44. The first kappa shape index (κ1) is 12.4. The third kappa shape index (κ3) is 2.79. The number of halogens is 1. The highest BCUT2D eigenvalue weighted by Crippen LogP contribution is 2.23. The summed E-state index contributed by atoms with van der Waals surface area (Å²) < 4.78 is 5.35. The van der Waals surface area contributed by atoms with Crippen molar-refractivity contribution in [3.8, 4) is 0 Å². The summed E-state index contributed by atoms with van der Waals surface area (Å²) in [6, 6.07) is 9.73. The molecular formula is C13H16ClNO2. The van der Waals surface area contributed by atoms with E-state index in [-0.39, 0.29) is 11.9 Å². The number of hydrogen-bond donors (Lipinski definition) is 0. The van der Waals surface area contributed by atoms with Gasteiger partial charge in [0.15, 0.2) is 0 Å². The number of hydrogen-bond acceptors (Lipinski definition) is 2. The fraction of sp³-hybridized carbons (Fsp3) is 0.462. The first-order chi connectivity index (χ1) is 8.20. The lowest BCUT2D eigenvalue weighted by molar-refractivity contribution is -0.118. The first-order valence-electron chi connectivity index (χ1n) is 5.80. The Morgan fingerprint density at radius 1 is 1.47 bits per heavy atom. The van der Waals surface area contributed by atoms with Gasteiger partial charge in [0, 0.05) is 12.3 Å². The highest BCUT2D eigenvalue weighted by atomic mass is 35.5. The van der Waals surface area contributed by atoms with Gasteiger partial charge in [-0.15, -0.1) is 11.6 Å². The molecular weight excluding hydrogens is 238 g/mol. The maximum Gasteiger partial charge on any atom is 0.245 e. The molecule has 1 aromatic carbocycles. The predicted molar refractivity (Wildman–Crippen MR) is 68.5 cm³/mol. The molecule has 2 unspecified atom stereocenters. The van der Waals surface area contributed by atoms with Crippen LogP contribution in [0.2, 0.25) is 0 Å². The number of ether oxygens (including phenoxy) is 1. The van der Waals surface area contributed by atoms with E-state index in [0.29, 0.717) is 13.2 Å². The highest BCUT2D eigenvalue weighted by molar-refractivity contribution is 6.32. The summed E-state index contributed by atoms with van der Waals surface area (Å²) in [6.45, 7) is 3.00. The second-order valence-electron chi connectivity index (χ2n) is 4.18. The number of benzene rings is 1. The van der Waals surface area contributed by atoms with Crippen LogP contribution >= 0.6 is 11.6 Å². The Morgan fingerprint density at radius 3 is 2.71 bits per heavy atom. The van der Waals surface area contributed by atoms with Crippen LogP contribution < -0.4 is 4.90 Å². The van der Waals surface area contributed by atoms with Crippen molar-refractivity contribution in [3.63, 3.8) is 0 Å². The van der Waals surface area contributed by atoms with Gasteiger partial charge in [-0.1, -0.05) is 18.2 Å². The lowest BCUT2D eigenvalue weighted by Gasteiger charge is -2.29. The van der Waals surface area contributed by atoms with Gasteiger partial charge in [0.25, 0.3) is 0 Å². The van der Waals surface area contributed by atoms with Crippen molar-refractivity contribution >= 4 is 23.2 Å². The average Bonchev–Trinajstić information content (AvgIpc) is 2.84. The summed E-state index contributed by atoms with van der Waals surface area (Å²) in [5.41, 5.74) is 0.889. The molecule has 17 heavy (non-hydrogen) atoms. The number of anilines is 1. The SMILES string of the molecule is CC(Cl)C(=O)N(c1ccccc1)C1CCOC1. The van der Waals surface area contributed by atoms with Crippen molar-refractivity contribution in [2.24, 2.45) is 0 Å². The molecule has 3 nitrogen and oxygen atoms in total. The van der Waals surface area contributed by atoms with Crippen molar-refractivity contribution in [3.05, 3.63) is 30.3 Å². The minimum Gasteiger partial charge on any atom is -0.379 e. The molecule has 1 saturated heterocycles. The molecule has 0 saturated carbocycles. The van der Waals surface area contributed by atoms with Crippen LogP contribution in [0.25, 0.3) is 0 Å². The molecule has 0 N–H and O–H groups in total. The third-order valence-electron chi connectivity index (χ3n) is 2.88. The van der Waals surface area contributed by atoms with Gasteiger partial charge >= 0.3 is 0 Å². The largest absolute Gasteiger partial charge is 0.379 e. The second-order valence-corrected chi connectivity index (χ2v) is 4.83. The van der Waals surface area contributed by atoms with E-state index in [2.05, 4.69) is 0 Å². The number of alkyl halides is 1. The van der Waals surface area contributed by atoms with Crippen molar-refractivity contribution in [1.82, 2.24) is 0 Å². The summed E-state index contributed by atoms with van der Waals surface area (Å²) in [5, 5.41) is -0.518. The Labute approximate surface area is 106 Å². The number of rotatable bonds is 3. The quantitative estimate of drug-likeness (QED) is 0.775. The van der Waals surface area contributed by atoms with E-state index in [4.69, 9.17) is 16.3 Å². The molecule has 0 aliphatic carbocycles. The van der Waals surface area contributed by atoms with E-state index in [1.54, 1.807) is 11.8 Å². The number of para-hydroxylation sites is 1. The molecule has 1 aliphatic rings. The summed E-state index contributed by atoms with van der Waals surface area (Å²) >= 11 is 5.92. The Bertz CT molecular complexity index is 374. The van der Waals surface area contributed by atoms with Gasteiger partial charge in [-0.2, -0.15) is 0 Å². The predicted octanol–water partition coefficient (Wildman–Crippen LogP) is 2.44. The van der Waals surface area contributed by atoms with Crippen LogP contribution in [0.1, 0.15) is 13.3 Å². The van der Waals surface area contributed by atoms with Gasteiger partial charge in [-0.05, 0) is 25.5 Å². The van der Waals surface area contributed by atoms with E-state index in [1.165, 1.54) is 0 Å². The fourth-order valence-electron chi connectivity index (χ4n) is 2.02. The first-order valence-corrected chi connectivity index (χ1v) is 6.23. The number of carbonyl (C=O) groups is 1. The van der Waals surface area contributed by atoms with E-state index in [1.807, 2.05) is 30.3 Å². The topological polar surface area (TPSA) is 29.5 Å². The smallest absolute Gasteiger partial charge is 0.245 e. The van der Waals surface area contributed by atoms with Crippen LogP contribution in [0.3, 0.4) is 0 Å². The van der Waals surface area contributed by atoms with Gasteiger partial charge in [0.1, 0.15) is 5.38 Å². The van der Waals surface area contributed by atoms with Crippen molar-refractivity contribution < 1.29 is 9.53 Å². The molecule has 4 heteroatoms. The molecule has 0 aromatic heterocycles. The molecule has 2 atom stereocenters. The normalized spacial score (nSPS) is 21.2. The Kier molecular flexibility index (Phi) is 4.02. The highest BCUT2D eigenvalue weighted by Gasteiger charge is 2.30. The monoisotopic (exact) mass is 253 g/mol. The summed E-state index contributed by atoms with van der Waals surface area (Å²) in [4.78, 5) is 13.9. The van der Waals surface area contributed by atoms with Crippen LogP contribution in [0, 0.1) is 0 Å². The van der Waals surface area contributed by atoms with Crippen LogP contribution in [-0.2, 0) is 9.53 Å². The maximum absolute atomic E-state index is 12.2. The second kappa shape index (κ2) is 5.52. The van der Waals surface area contributed by atoms with Gasteiger partial charge < -0.3 is 9.64 Å². The number of nitrogens with zero attached hydrogens (tertiary/aromatic N) is 1. The molecule has 92 valence electrons. The molecule has 1 fully saturated rings. The van der Waals surface area contributed by atoms with Crippen LogP contribution in [0.4, 0.5) is 5.69 Å². The number of amides is 1. The minimum atomic E-state index is -0.518. The molecule has 1 heterocycles. The zero-order chi connectivity index (χ0) is 12.3.